The zero-order chi connectivity index (χ0) is 13.0. The fraction of sp³-hybridized carbons (Fsp3) is 0.533. The van der Waals surface area contributed by atoms with Crippen LogP contribution in [0.3, 0.4) is 0 Å². The van der Waals surface area contributed by atoms with Crippen molar-refractivity contribution in [1.82, 2.24) is 4.90 Å². The summed E-state index contributed by atoms with van der Waals surface area (Å²) in [7, 11) is 0. The highest BCUT2D eigenvalue weighted by Crippen LogP contribution is 2.17. The summed E-state index contributed by atoms with van der Waals surface area (Å²) < 4.78 is 0. The van der Waals surface area contributed by atoms with E-state index in [1.54, 1.807) is 0 Å². The van der Waals surface area contributed by atoms with E-state index in [2.05, 4.69) is 25.1 Å². The van der Waals surface area contributed by atoms with Crippen LogP contribution in [0.4, 0.5) is 0 Å². The van der Waals surface area contributed by atoms with Crippen LogP contribution in [0.25, 0.3) is 0 Å². The number of likely N-dealkylation sites (tertiary alicyclic amines) is 1. The fourth-order valence-corrected chi connectivity index (χ4v) is 2.49. The lowest BCUT2D eigenvalue weighted by atomic mass is 10.1. The predicted molar refractivity (Wildman–Crippen MR) is 71.3 cm³/mol. The second-order valence-corrected chi connectivity index (χ2v) is 5.17. The molecule has 98 valence electrons. The Bertz CT molecular complexity index is 417. The Labute approximate surface area is 108 Å². The molecule has 0 saturated carbocycles. The fourth-order valence-electron chi connectivity index (χ4n) is 2.49. The van der Waals surface area contributed by atoms with Gasteiger partial charge in [0.25, 0.3) is 0 Å². The number of hydrogen-bond donors (Lipinski definition) is 1. The normalized spacial score (nSPS) is 19.2. The van der Waals surface area contributed by atoms with Crippen molar-refractivity contribution in [1.29, 1.82) is 0 Å². The molecule has 1 amide bonds. The molecule has 1 N–H and O–H groups in total. The quantitative estimate of drug-likeness (QED) is 0.881. The zero-order valence-corrected chi connectivity index (χ0v) is 10.9. The van der Waals surface area contributed by atoms with E-state index in [4.69, 9.17) is 5.11 Å². The van der Waals surface area contributed by atoms with Gasteiger partial charge in [0.15, 0.2) is 0 Å². The van der Waals surface area contributed by atoms with Crippen LogP contribution in [-0.2, 0) is 11.2 Å². The van der Waals surface area contributed by atoms with Crippen LogP contribution in [0.5, 0.6) is 0 Å². The minimum atomic E-state index is 0.196. The molecule has 1 aliphatic rings. The highest BCUT2D eigenvalue weighted by molar-refractivity contribution is 5.76. The minimum Gasteiger partial charge on any atom is -0.396 e. The van der Waals surface area contributed by atoms with E-state index in [1.807, 2.05) is 11.0 Å². The number of benzene rings is 1. The third-order valence-corrected chi connectivity index (χ3v) is 3.61. The van der Waals surface area contributed by atoms with E-state index < -0.39 is 0 Å². The van der Waals surface area contributed by atoms with Gasteiger partial charge in [0, 0.05) is 32.0 Å². The number of hydrogen-bond acceptors (Lipinski definition) is 2. The van der Waals surface area contributed by atoms with E-state index in [9.17, 15) is 4.79 Å². The lowest BCUT2D eigenvalue weighted by molar-refractivity contribution is -0.130. The van der Waals surface area contributed by atoms with Crippen molar-refractivity contribution in [2.45, 2.75) is 26.2 Å². The van der Waals surface area contributed by atoms with Crippen LogP contribution in [0.15, 0.2) is 24.3 Å². The van der Waals surface area contributed by atoms with Gasteiger partial charge in [-0.25, -0.2) is 0 Å². The maximum atomic E-state index is 12.0. The van der Waals surface area contributed by atoms with Crippen LogP contribution in [-0.4, -0.2) is 35.6 Å². The summed E-state index contributed by atoms with van der Waals surface area (Å²) in [4.78, 5) is 13.9. The van der Waals surface area contributed by atoms with Gasteiger partial charge >= 0.3 is 0 Å². The van der Waals surface area contributed by atoms with E-state index in [0.29, 0.717) is 6.42 Å². The average Bonchev–Trinajstić information content (AvgIpc) is 2.85. The van der Waals surface area contributed by atoms with Crippen LogP contribution >= 0.6 is 0 Å². The lowest BCUT2D eigenvalue weighted by Crippen LogP contribution is -2.29. The van der Waals surface area contributed by atoms with Gasteiger partial charge in [-0.2, -0.15) is 0 Å². The molecule has 1 atom stereocenters. The highest BCUT2D eigenvalue weighted by Gasteiger charge is 2.24. The molecule has 3 heteroatoms. The Balaban J connectivity index is 1.82. The molecule has 1 aliphatic heterocycles. The van der Waals surface area contributed by atoms with E-state index in [0.717, 1.165) is 25.9 Å². The summed E-state index contributed by atoms with van der Waals surface area (Å²) in [5.74, 6) is 0.500. The van der Waals surface area contributed by atoms with Crippen molar-refractivity contribution >= 4 is 5.91 Å². The number of nitrogens with zero attached hydrogens (tertiary/aromatic N) is 1. The average molecular weight is 247 g/mol. The molecule has 1 aromatic rings. The van der Waals surface area contributed by atoms with Crippen LogP contribution in [0.2, 0.25) is 0 Å². The Kier molecular flexibility index (Phi) is 4.37. The number of aliphatic hydroxyl groups is 1. The first-order valence-electron chi connectivity index (χ1n) is 6.63. The summed E-state index contributed by atoms with van der Waals surface area (Å²) in [6.07, 6.45) is 2.31. The molecule has 1 unspecified atom stereocenters. The van der Waals surface area contributed by atoms with Crippen molar-refractivity contribution in [2.75, 3.05) is 19.7 Å². The van der Waals surface area contributed by atoms with Crippen molar-refractivity contribution < 1.29 is 9.90 Å². The van der Waals surface area contributed by atoms with E-state index in [1.165, 1.54) is 11.1 Å². The van der Waals surface area contributed by atoms with Gasteiger partial charge in [-0.15, -0.1) is 0 Å². The van der Waals surface area contributed by atoms with Crippen LogP contribution in [0.1, 0.15) is 24.0 Å². The number of aryl methyl sites for hydroxylation is 2. The summed E-state index contributed by atoms with van der Waals surface area (Å²) in [5, 5.41) is 9.07. The number of aliphatic hydroxyl groups excluding tert-OH is 1. The second kappa shape index (κ2) is 6.01. The van der Waals surface area contributed by atoms with E-state index >= 15 is 0 Å². The Morgan fingerprint density at radius 1 is 1.50 bits per heavy atom. The monoisotopic (exact) mass is 247 g/mol. The molecule has 1 aromatic carbocycles. The van der Waals surface area contributed by atoms with Crippen LogP contribution < -0.4 is 0 Å². The van der Waals surface area contributed by atoms with Gasteiger partial charge in [-0.3, -0.25) is 4.79 Å². The van der Waals surface area contributed by atoms with Crippen molar-refractivity contribution in [3.05, 3.63) is 35.4 Å². The smallest absolute Gasteiger partial charge is 0.222 e. The first kappa shape index (κ1) is 13.1. The van der Waals surface area contributed by atoms with E-state index in [-0.39, 0.29) is 18.4 Å². The maximum absolute atomic E-state index is 12.0. The topological polar surface area (TPSA) is 40.5 Å². The summed E-state index contributed by atoms with van der Waals surface area (Å²) >= 11 is 0. The molecule has 1 heterocycles. The number of carbonyl (C=O) groups excluding carboxylic acids is 1. The van der Waals surface area contributed by atoms with Crippen molar-refractivity contribution in [3.63, 3.8) is 0 Å². The highest BCUT2D eigenvalue weighted by atomic mass is 16.3. The minimum absolute atomic E-state index is 0.196. The number of carbonyl (C=O) groups is 1. The maximum Gasteiger partial charge on any atom is 0.222 e. The van der Waals surface area contributed by atoms with Crippen molar-refractivity contribution in [3.8, 4) is 0 Å². The molecule has 3 nitrogen and oxygen atoms in total. The summed E-state index contributed by atoms with van der Waals surface area (Å²) in [5.41, 5.74) is 2.46. The van der Waals surface area contributed by atoms with Gasteiger partial charge in [-0.1, -0.05) is 29.8 Å². The first-order valence-corrected chi connectivity index (χ1v) is 6.63. The molecule has 0 aromatic heterocycles. The summed E-state index contributed by atoms with van der Waals surface area (Å²) in [6, 6.07) is 8.30. The molecule has 0 aliphatic carbocycles. The molecule has 0 radical (unpaired) electrons. The third kappa shape index (κ3) is 3.33. The Morgan fingerprint density at radius 3 is 3.00 bits per heavy atom. The Morgan fingerprint density at radius 2 is 2.33 bits per heavy atom. The molecule has 18 heavy (non-hydrogen) atoms. The molecule has 1 fully saturated rings. The SMILES string of the molecule is Cc1cccc(CCC(=O)N2CCC(CO)C2)c1. The number of amides is 1. The number of rotatable bonds is 4. The molecule has 0 spiro atoms. The first-order chi connectivity index (χ1) is 8.69. The predicted octanol–water partition coefficient (Wildman–Crippen LogP) is 1.77. The van der Waals surface area contributed by atoms with Gasteiger partial charge in [0.1, 0.15) is 0 Å². The lowest BCUT2D eigenvalue weighted by Gasteiger charge is -2.16. The molecular formula is C15H21NO2. The standard InChI is InChI=1S/C15H21NO2/c1-12-3-2-4-13(9-12)5-6-15(18)16-8-7-14(10-16)11-17/h2-4,9,14,17H,5-8,10-11H2,1H3. The largest absolute Gasteiger partial charge is 0.396 e. The van der Waals surface area contributed by atoms with Crippen molar-refractivity contribution in [2.24, 2.45) is 5.92 Å². The molecule has 0 bridgehead atoms. The van der Waals surface area contributed by atoms with Gasteiger partial charge in [0.05, 0.1) is 0 Å². The zero-order valence-electron chi connectivity index (χ0n) is 10.9. The van der Waals surface area contributed by atoms with Gasteiger partial charge in [-0.05, 0) is 25.3 Å². The molecule has 1 saturated heterocycles. The molecular weight excluding hydrogens is 226 g/mol. The molecule has 2 rings (SSSR count). The van der Waals surface area contributed by atoms with Crippen LogP contribution in [0, 0.1) is 12.8 Å². The van der Waals surface area contributed by atoms with Gasteiger partial charge < -0.3 is 10.0 Å². The van der Waals surface area contributed by atoms with Gasteiger partial charge in [0.2, 0.25) is 5.91 Å². The second-order valence-electron chi connectivity index (χ2n) is 5.17. The summed E-state index contributed by atoms with van der Waals surface area (Å²) in [6.45, 7) is 3.79. The Hall–Kier alpha value is -1.35. The third-order valence-electron chi connectivity index (χ3n) is 3.61.